The fourth-order valence-electron chi connectivity index (χ4n) is 2.92. The molecule has 1 amide bonds. The van der Waals surface area contributed by atoms with Crippen molar-refractivity contribution in [1.82, 2.24) is 9.97 Å². The normalized spacial score (nSPS) is 14.4. The van der Waals surface area contributed by atoms with E-state index in [1.807, 2.05) is 0 Å². The number of thioether (sulfide) groups is 1. The molecule has 0 aliphatic heterocycles. The number of hydrogen-bond donors (Lipinski definition) is 2. The molecule has 2 N–H and O–H groups in total. The van der Waals surface area contributed by atoms with Gasteiger partial charge in [-0.15, -0.1) is 0 Å². The summed E-state index contributed by atoms with van der Waals surface area (Å²) in [5, 5.41) is 2.83. The SMILES string of the molecule is CC(=O)c1cccc(NC(=O)C(C)Sc2nc3c(c(=O)[nH]2)CCCC3)c1. The summed E-state index contributed by atoms with van der Waals surface area (Å²) in [5.74, 6) is -0.268. The third kappa shape index (κ3) is 4.22. The van der Waals surface area contributed by atoms with Crippen molar-refractivity contribution in [2.24, 2.45) is 0 Å². The van der Waals surface area contributed by atoms with Crippen molar-refractivity contribution in [1.29, 1.82) is 0 Å². The van der Waals surface area contributed by atoms with Gasteiger partial charge in [0.15, 0.2) is 10.9 Å². The first-order valence-corrected chi connectivity index (χ1v) is 9.52. The molecule has 3 rings (SSSR count). The Morgan fingerprint density at radius 1 is 1.27 bits per heavy atom. The van der Waals surface area contributed by atoms with Crippen molar-refractivity contribution < 1.29 is 9.59 Å². The second kappa shape index (κ2) is 7.86. The average molecular weight is 371 g/mol. The fraction of sp³-hybridized carbons (Fsp3) is 0.368. The number of aryl methyl sites for hydroxylation is 1. The van der Waals surface area contributed by atoms with Crippen LogP contribution in [0, 0.1) is 0 Å². The van der Waals surface area contributed by atoms with Gasteiger partial charge in [-0.25, -0.2) is 4.98 Å². The van der Waals surface area contributed by atoms with E-state index in [1.54, 1.807) is 31.2 Å². The summed E-state index contributed by atoms with van der Waals surface area (Å²) < 4.78 is 0. The Morgan fingerprint density at radius 2 is 2.04 bits per heavy atom. The zero-order valence-corrected chi connectivity index (χ0v) is 15.6. The number of nitrogens with zero attached hydrogens (tertiary/aromatic N) is 1. The highest BCUT2D eigenvalue weighted by molar-refractivity contribution is 8.00. The van der Waals surface area contributed by atoms with Crippen molar-refractivity contribution in [2.45, 2.75) is 49.9 Å². The van der Waals surface area contributed by atoms with Crippen LogP contribution in [-0.2, 0) is 17.6 Å². The van der Waals surface area contributed by atoms with E-state index in [9.17, 15) is 14.4 Å². The number of Topliss-reactive ketones (excluding diaryl/α,β-unsaturated/α-hetero) is 1. The third-order valence-corrected chi connectivity index (χ3v) is 5.35. The van der Waals surface area contributed by atoms with Crippen LogP contribution in [0.3, 0.4) is 0 Å². The summed E-state index contributed by atoms with van der Waals surface area (Å²) in [7, 11) is 0. The van der Waals surface area contributed by atoms with Crippen LogP contribution in [0.5, 0.6) is 0 Å². The first-order chi connectivity index (χ1) is 12.4. The van der Waals surface area contributed by atoms with Crippen LogP contribution >= 0.6 is 11.8 Å². The number of carbonyl (C=O) groups excluding carboxylic acids is 2. The highest BCUT2D eigenvalue weighted by atomic mass is 32.2. The first kappa shape index (κ1) is 18.4. The van der Waals surface area contributed by atoms with Gasteiger partial charge in [0.2, 0.25) is 5.91 Å². The molecule has 1 aliphatic rings. The van der Waals surface area contributed by atoms with Crippen LogP contribution in [0.4, 0.5) is 5.69 Å². The molecular weight excluding hydrogens is 350 g/mol. The minimum absolute atomic E-state index is 0.0562. The molecule has 1 heterocycles. The fourth-order valence-corrected chi connectivity index (χ4v) is 3.73. The number of fused-ring (bicyclic) bond motifs is 1. The van der Waals surface area contributed by atoms with Gasteiger partial charge in [-0.3, -0.25) is 14.4 Å². The Kier molecular flexibility index (Phi) is 5.56. The van der Waals surface area contributed by atoms with E-state index in [0.29, 0.717) is 16.4 Å². The minimum atomic E-state index is -0.444. The molecule has 0 radical (unpaired) electrons. The van der Waals surface area contributed by atoms with Gasteiger partial charge in [-0.2, -0.15) is 0 Å². The number of carbonyl (C=O) groups is 2. The molecule has 1 aromatic carbocycles. The van der Waals surface area contributed by atoms with E-state index < -0.39 is 5.25 Å². The van der Waals surface area contributed by atoms with Crippen molar-refractivity contribution in [3.63, 3.8) is 0 Å². The van der Waals surface area contributed by atoms with Crippen LogP contribution in [0.1, 0.15) is 48.3 Å². The lowest BCUT2D eigenvalue weighted by Crippen LogP contribution is -2.25. The predicted molar refractivity (Wildman–Crippen MR) is 102 cm³/mol. The molecule has 7 heteroatoms. The van der Waals surface area contributed by atoms with E-state index in [0.717, 1.165) is 36.9 Å². The van der Waals surface area contributed by atoms with Gasteiger partial charge < -0.3 is 10.3 Å². The summed E-state index contributed by atoms with van der Waals surface area (Å²) >= 11 is 1.22. The lowest BCUT2D eigenvalue weighted by atomic mass is 9.97. The van der Waals surface area contributed by atoms with Crippen molar-refractivity contribution in [3.8, 4) is 0 Å². The Bertz CT molecular complexity index is 907. The maximum Gasteiger partial charge on any atom is 0.254 e. The van der Waals surface area contributed by atoms with Gasteiger partial charge in [0.25, 0.3) is 5.56 Å². The summed E-state index contributed by atoms with van der Waals surface area (Å²) in [6, 6.07) is 6.82. The molecule has 0 fully saturated rings. The molecule has 0 spiro atoms. The number of rotatable bonds is 5. The Labute approximate surface area is 155 Å². The molecule has 2 aromatic rings. The first-order valence-electron chi connectivity index (χ1n) is 8.64. The van der Waals surface area contributed by atoms with E-state index in [2.05, 4.69) is 15.3 Å². The lowest BCUT2D eigenvalue weighted by molar-refractivity contribution is -0.115. The maximum atomic E-state index is 12.4. The van der Waals surface area contributed by atoms with Crippen LogP contribution in [0.15, 0.2) is 34.2 Å². The molecular formula is C19H21N3O3S. The molecule has 1 atom stereocenters. The van der Waals surface area contributed by atoms with E-state index in [4.69, 9.17) is 0 Å². The van der Waals surface area contributed by atoms with E-state index >= 15 is 0 Å². The zero-order valence-electron chi connectivity index (χ0n) is 14.8. The van der Waals surface area contributed by atoms with Gasteiger partial charge in [-0.05, 0) is 51.7 Å². The summed E-state index contributed by atoms with van der Waals surface area (Å²) in [6.07, 6.45) is 3.63. The smallest absolute Gasteiger partial charge is 0.254 e. The molecule has 1 unspecified atom stereocenters. The van der Waals surface area contributed by atoms with Gasteiger partial charge in [0, 0.05) is 16.8 Å². The molecule has 136 valence electrons. The second-order valence-corrected chi connectivity index (χ2v) is 7.72. The highest BCUT2D eigenvalue weighted by Crippen LogP contribution is 2.23. The zero-order chi connectivity index (χ0) is 18.7. The third-order valence-electron chi connectivity index (χ3n) is 4.36. The van der Waals surface area contributed by atoms with Crippen molar-refractivity contribution >= 4 is 29.1 Å². The summed E-state index contributed by atoms with van der Waals surface area (Å²) in [6.45, 7) is 3.24. The van der Waals surface area contributed by atoms with E-state index in [-0.39, 0.29) is 17.2 Å². The molecule has 1 aliphatic carbocycles. The molecule has 26 heavy (non-hydrogen) atoms. The number of aromatic nitrogens is 2. The van der Waals surface area contributed by atoms with Crippen LogP contribution in [-0.4, -0.2) is 26.9 Å². The average Bonchev–Trinajstić information content (AvgIpc) is 2.62. The minimum Gasteiger partial charge on any atom is -0.325 e. The molecule has 1 aromatic heterocycles. The molecule has 0 saturated carbocycles. The number of aromatic amines is 1. The van der Waals surface area contributed by atoms with Gasteiger partial charge in [0.1, 0.15) is 0 Å². The maximum absolute atomic E-state index is 12.4. The predicted octanol–water partition coefficient (Wildman–Crippen LogP) is 2.97. The summed E-state index contributed by atoms with van der Waals surface area (Å²) in [5.41, 5.74) is 2.65. The number of hydrogen-bond acceptors (Lipinski definition) is 5. The summed E-state index contributed by atoms with van der Waals surface area (Å²) in [4.78, 5) is 43.4. The van der Waals surface area contributed by atoms with Crippen molar-refractivity contribution in [3.05, 3.63) is 51.4 Å². The molecule has 0 bridgehead atoms. The Hall–Kier alpha value is -2.41. The molecule has 6 nitrogen and oxygen atoms in total. The monoisotopic (exact) mass is 371 g/mol. The number of amides is 1. The number of benzene rings is 1. The van der Waals surface area contributed by atoms with Crippen LogP contribution in [0.2, 0.25) is 0 Å². The van der Waals surface area contributed by atoms with Gasteiger partial charge in [-0.1, -0.05) is 23.9 Å². The standard InChI is InChI=1S/C19H21N3O3S/c1-11(23)13-6-5-7-14(10-13)20-17(24)12(2)26-19-21-16-9-4-3-8-15(16)18(25)22-19/h5-7,10,12H,3-4,8-9H2,1-2H3,(H,20,24)(H,21,22,25). The van der Waals surface area contributed by atoms with Crippen LogP contribution < -0.4 is 10.9 Å². The van der Waals surface area contributed by atoms with Crippen LogP contribution in [0.25, 0.3) is 0 Å². The van der Waals surface area contributed by atoms with Crippen molar-refractivity contribution in [2.75, 3.05) is 5.32 Å². The number of anilines is 1. The lowest BCUT2D eigenvalue weighted by Gasteiger charge is -2.16. The van der Waals surface area contributed by atoms with Gasteiger partial charge >= 0.3 is 0 Å². The van der Waals surface area contributed by atoms with Gasteiger partial charge in [0.05, 0.1) is 10.9 Å². The quantitative estimate of drug-likeness (QED) is 0.479. The number of ketones is 1. The second-order valence-electron chi connectivity index (χ2n) is 6.39. The Morgan fingerprint density at radius 3 is 2.81 bits per heavy atom. The topological polar surface area (TPSA) is 91.9 Å². The number of nitrogens with one attached hydrogen (secondary N) is 2. The number of H-pyrrole nitrogens is 1. The largest absolute Gasteiger partial charge is 0.325 e. The van der Waals surface area contributed by atoms with E-state index in [1.165, 1.54) is 18.7 Å². The Balaban J connectivity index is 1.70. The molecule has 0 saturated heterocycles. The highest BCUT2D eigenvalue weighted by Gasteiger charge is 2.20.